The molecule has 0 bridgehead atoms. The maximum Gasteiger partial charge on any atom is 0.408 e. The number of methoxy groups -OCH3 is 1. The fraction of sp³-hybridized carbons (Fsp3) is 0.389. The largest absolute Gasteiger partial charge is 0.481 e. The second-order valence-corrected chi connectivity index (χ2v) is 15.1. The molecule has 3 amide bonds. The number of benzene rings is 2. The number of halogens is 2. The van der Waals surface area contributed by atoms with Crippen molar-refractivity contribution in [2.45, 2.75) is 50.9 Å². The van der Waals surface area contributed by atoms with Crippen LogP contribution in [0.2, 0.25) is 5.02 Å². The Morgan fingerprint density at radius 1 is 1.17 bits per heavy atom. The van der Waals surface area contributed by atoms with Gasteiger partial charge in [0, 0.05) is 66.3 Å². The smallest absolute Gasteiger partial charge is 0.408 e. The molecule has 53 heavy (non-hydrogen) atoms. The van der Waals surface area contributed by atoms with Gasteiger partial charge in [0.2, 0.25) is 0 Å². The van der Waals surface area contributed by atoms with E-state index < -0.39 is 41.5 Å². The van der Waals surface area contributed by atoms with E-state index in [1.165, 1.54) is 36.6 Å². The average molecular weight is 768 g/mol. The number of fused-ring (bicyclic) bond motifs is 1. The van der Waals surface area contributed by atoms with Crippen molar-refractivity contribution in [2.24, 2.45) is 4.99 Å². The molecule has 3 aromatic rings. The summed E-state index contributed by atoms with van der Waals surface area (Å²) in [4.78, 5) is 66.2. The minimum atomic E-state index is -1.11. The normalized spacial score (nSPS) is 19.7. The number of esters is 1. The summed E-state index contributed by atoms with van der Waals surface area (Å²) in [6, 6.07) is 8.61. The molecule has 3 N–H and O–H groups in total. The van der Waals surface area contributed by atoms with Gasteiger partial charge in [0.1, 0.15) is 17.5 Å². The van der Waals surface area contributed by atoms with Crippen molar-refractivity contribution in [3.63, 3.8) is 0 Å². The molecule has 2 aromatic carbocycles. The van der Waals surface area contributed by atoms with Crippen molar-refractivity contribution >= 4 is 58.5 Å². The molecule has 0 saturated carbocycles. The Balaban J connectivity index is 1.23. The minimum absolute atomic E-state index is 0.108. The van der Waals surface area contributed by atoms with Crippen molar-refractivity contribution in [2.75, 3.05) is 44.7 Å². The van der Waals surface area contributed by atoms with Crippen LogP contribution in [0, 0.1) is 5.82 Å². The van der Waals surface area contributed by atoms with E-state index >= 15 is 0 Å². The van der Waals surface area contributed by atoms with Crippen molar-refractivity contribution in [1.82, 2.24) is 25.4 Å². The molecule has 3 aliphatic rings. The molecule has 280 valence electrons. The highest BCUT2D eigenvalue weighted by Gasteiger charge is 2.42. The molecule has 14 nitrogen and oxygen atoms in total. The van der Waals surface area contributed by atoms with Crippen molar-refractivity contribution in [3.8, 4) is 0 Å². The fourth-order valence-electron chi connectivity index (χ4n) is 6.61. The zero-order valence-corrected chi connectivity index (χ0v) is 31.0. The number of carboxylic acids is 1. The Hall–Kier alpha value is -5.06. The predicted octanol–water partition coefficient (Wildman–Crippen LogP) is 5.12. The number of hydrogen-bond donors (Lipinski definition) is 3. The Kier molecular flexibility index (Phi) is 11.0. The fourth-order valence-corrected chi connectivity index (χ4v) is 7.47. The van der Waals surface area contributed by atoms with Crippen LogP contribution in [0.5, 0.6) is 0 Å². The number of rotatable bonds is 10. The van der Waals surface area contributed by atoms with Crippen LogP contribution in [0.15, 0.2) is 70.3 Å². The van der Waals surface area contributed by atoms with E-state index in [1.54, 1.807) is 66.4 Å². The Labute approximate surface area is 314 Å². The summed E-state index contributed by atoms with van der Waals surface area (Å²) in [5.74, 6) is -1.83. The van der Waals surface area contributed by atoms with Crippen molar-refractivity contribution < 1.29 is 38.1 Å². The summed E-state index contributed by atoms with van der Waals surface area (Å²) >= 11 is 7.86. The predicted molar refractivity (Wildman–Crippen MR) is 195 cm³/mol. The molecule has 17 heteroatoms. The number of alkyl carbamates (subject to hydrolysis) is 1. The van der Waals surface area contributed by atoms with Gasteiger partial charge in [0.25, 0.3) is 0 Å². The SMILES string of the molecule is COC(=O)C1=C(CN2CCN3C(=O)N(c4cccc(C(CC(=O)O)NC(=O)OC(C)(C)C)c4)C[C@@H]3C2)NC(c2nccs2)=N[C@H]1c1ccc(F)cc1Cl. The van der Waals surface area contributed by atoms with Gasteiger partial charge < -0.3 is 30.1 Å². The highest BCUT2D eigenvalue weighted by molar-refractivity contribution is 7.11. The van der Waals surface area contributed by atoms with E-state index in [2.05, 4.69) is 20.5 Å². The number of hydrogen-bond acceptors (Lipinski definition) is 11. The number of urea groups is 1. The molecule has 0 aliphatic carbocycles. The molecule has 3 atom stereocenters. The maximum atomic E-state index is 14.1. The number of ether oxygens (including phenoxy) is 2. The standard InChI is InChI=1S/C36H39ClFN7O7S/c1-36(2,3)52-34(49)41-26(16-28(46)47)20-6-5-7-22(14-20)45-18-23-17-43(11-12-44(23)35(45)50)19-27-29(33(48)51-4)30(24-9-8-21(38)15-25(24)37)42-31(40-27)32-39-10-13-53-32/h5-10,13-15,23,26,30H,11-12,16-19H2,1-4H3,(H,40,42)(H,41,49)(H,46,47)/t23-,26?,30-/m0/s1. The molecule has 1 unspecified atom stereocenters. The summed E-state index contributed by atoms with van der Waals surface area (Å²) in [5, 5.41) is 18.0. The number of anilines is 1. The number of amides is 3. The quantitative estimate of drug-likeness (QED) is 0.236. The molecular weight excluding hydrogens is 729 g/mol. The molecule has 2 fully saturated rings. The van der Waals surface area contributed by atoms with Crippen molar-refractivity contribution in [1.29, 1.82) is 0 Å². The number of carbonyl (C=O) groups excluding carboxylic acids is 3. The topological polar surface area (TPSA) is 166 Å². The zero-order chi connectivity index (χ0) is 38.0. The number of carbonyl (C=O) groups is 4. The van der Waals surface area contributed by atoms with Crippen LogP contribution in [0.25, 0.3) is 0 Å². The highest BCUT2D eigenvalue weighted by Crippen LogP contribution is 2.37. The van der Waals surface area contributed by atoms with E-state index in [4.69, 9.17) is 26.1 Å². The van der Waals surface area contributed by atoms with Crippen LogP contribution in [-0.4, -0.2) is 101 Å². The molecular formula is C36H39ClFN7O7S. The van der Waals surface area contributed by atoms with Crippen molar-refractivity contribution in [3.05, 3.63) is 92.3 Å². The Morgan fingerprint density at radius 3 is 2.64 bits per heavy atom. The molecule has 4 heterocycles. The van der Waals surface area contributed by atoms with Gasteiger partial charge in [-0.15, -0.1) is 11.3 Å². The first-order valence-electron chi connectivity index (χ1n) is 16.8. The Bertz CT molecular complexity index is 1970. The number of amidine groups is 1. The monoisotopic (exact) mass is 767 g/mol. The molecule has 0 radical (unpaired) electrons. The van der Waals surface area contributed by atoms with E-state index in [9.17, 15) is 28.7 Å². The van der Waals surface area contributed by atoms with Crippen LogP contribution in [-0.2, 0) is 19.1 Å². The van der Waals surface area contributed by atoms with Gasteiger partial charge in [-0.1, -0.05) is 29.8 Å². The number of carboxylic acid groups (broad SMARTS) is 1. The first-order chi connectivity index (χ1) is 25.2. The van der Waals surface area contributed by atoms with Gasteiger partial charge in [0.15, 0.2) is 10.8 Å². The summed E-state index contributed by atoms with van der Waals surface area (Å²) in [7, 11) is 1.28. The van der Waals surface area contributed by atoms with Crippen LogP contribution in [0.1, 0.15) is 55.4 Å². The third-order valence-corrected chi connectivity index (χ3v) is 10.0. The van der Waals surface area contributed by atoms with Crippen LogP contribution < -0.4 is 15.5 Å². The molecule has 6 rings (SSSR count). The van der Waals surface area contributed by atoms with E-state index in [0.717, 1.165) is 0 Å². The molecule has 0 spiro atoms. The summed E-state index contributed by atoms with van der Waals surface area (Å²) < 4.78 is 24.6. The third kappa shape index (κ3) is 8.61. The first-order valence-corrected chi connectivity index (χ1v) is 18.1. The van der Waals surface area contributed by atoms with E-state index in [0.29, 0.717) is 59.5 Å². The van der Waals surface area contributed by atoms with Crippen LogP contribution in [0.3, 0.4) is 0 Å². The van der Waals surface area contributed by atoms with Gasteiger partial charge in [-0.05, 0) is 50.6 Å². The lowest BCUT2D eigenvalue weighted by Crippen LogP contribution is -2.53. The van der Waals surface area contributed by atoms with Gasteiger partial charge in [-0.3, -0.25) is 19.6 Å². The minimum Gasteiger partial charge on any atom is -0.481 e. The first kappa shape index (κ1) is 37.7. The second-order valence-electron chi connectivity index (χ2n) is 13.8. The van der Waals surface area contributed by atoms with Gasteiger partial charge >= 0.3 is 24.1 Å². The van der Waals surface area contributed by atoms with E-state index in [1.807, 2.05) is 0 Å². The lowest BCUT2D eigenvalue weighted by Gasteiger charge is -2.38. The summed E-state index contributed by atoms with van der Waals surface area (Å²) in [5.41, 5.74) is 1.46. The number of piperazine rings is 1. The van der Waals surface area contributed by atoms with Gasteiger partial charge in [-0.25, -0.2) is 23.8 Å². The number of nitrogens with zero attached hydrogens (tertiary/aromatic N) is 5. The van der Waals surface area contributed by atoms with Crippen LogP contribution >= 0.6 is 22.9 Å². The number of nitrogens with one attached hydrogen (secondary N) is 2. The maximum absolute atomic E-state index is 14.1. The second kappa shape index (κ2) is 15.5. The number of aliphatic imine (C=N–C) groups is 1. The lowest BCUT2D eigenvalue weighted by molar-refractivity contribution is -0.138. The van der Waals surface area contributed by atoms with Crippen LogP contribution in [0.4, 0.5) is 19.7 Å². The number of thiazole rings is 1. The lowest BCUT2D eigenvalue weighted by atomic mass is 9.95. The molecule has 2 saturated heterocycles. The number of aromatic nitrogens is 1. The number of aliphatic carboxylic acids is 1. The summed E-state index contributed by atoms with van der Waals surface area (Å²) in [6.07, 6.45) is 0.505. The molecule has 1 aromatic heterocycles. The average Bonchev–Trinajstić information content (AvgIpc) is 3.75. The zero-order valence-electron chi connectivity index (χ0n) is 29.5. The summed E-state index contributed by atoms with van der Waals surface area (Å²) in [6.45, 7) is 7.11. The Morgan fingerprint density at radius 2 is 1.96 bits per heavy atom. The molecule has 3 aliphatic heterocycles. The highest BCUT2D eigenvalue weighted by atomic mass is 35.5. The van der Waals surface area contributed by atoms with Gasteiger partial charge in [0.05, 0.1) is 31.2 Å². The third-order valence-electron chi connectivity index (χ3n) is 8.90. The van der Waals surface area contributed by atoms with Gasteiger partial charge in [-0.2, -0.15) is 0 Å². The van der Waals surface area contributed by atoms with E-state index in [-0.39, 0.29) is 35.6 Å².